The van der Waals surface area contributed by atoms with Crippen LogP contribution in [0.2, 0.25) is 0 Å². The number of aromatic amines is 1. The number of nitrogens with one attached hydrogen (secondary N) is 1. The van der Waals surface area contributed by atoms with Gasteiger partial charge in [0.1, 0.15) is 17.6 Å². The molecule has 4 aromatic rings. The third-order valence-corrected chi connectivity index (χ3v) is 5.89. The number of imidazole rings is 1. The Hall–Kier alpha value is -3.75. The molecule has 1 amide bonds. The molecule has 9 nitrogen and oxygen atoms in total. The number of rotatable bonds is 3. The summed E-state index contributed by atoms with van der Waals surface area (Å²) >= 11 is 0. The van der Waals surface area contributed by atoms with Gasteiger partial charge in [0.15, 0.2) is 0 Å². The average molecular weight is 400 g/mol. The van der Waals surface area contributed by atoms with Gasteiger partial charge in [0.25, 0.3) is 5.91 Å². The van der Waals surface area contributed by atoms with E-state index in [1.165, 1.54) is 0 Å². The van der Waals surface area contributed by atoms with Gasteiger partial charge >= 0.3 is 0 Å². The number of likely N-dealkylation sites (tertiary alicyclic amines) is 1. The fourth-order valence-electron chi connectivity index (χ4n) is 4.18. The van der Waals surface area contributed by atoms with Gasteiger partial charge in [0.2, 0.25) is 0 Å². The van der Waals surface area contributed by atoms with Crippen LogP contribution in [-0.2, 0) is 6.42 Å². The van der Waals surface area contributed by atoms with Crippen LogP contribution in [0.15, 0.2) is 49.2 Å². The lowest BCUT2D eigenvalue weighted by molar-refractivity contribution is 0.0645. The summed E-state index contributed by atoms with van der Waals surface area (Å²) in [4.78, 5) is 33.2. The lowest BCUT2D eigenvalue weighted by atomic mass is 10.00. The van der Waals surface area contributed by atoms with Crippen LogP contribution >= 0.6 is 0 Å². The van der Waals surface area contributed by atoms with Crippen molar-refractivity contribution in [3.05, 3.63) is 72.0 Å². The lowest BCUT2D eigenvalue weighted by Gasteiger charge is -2.34. The van der Waals surface area contributed by atoms with Crippen molar-refractivity contribution >= 4 is 17.2 Å². The number of pyridine rings is 1. The smallest absolute Gasteiger partial charge is 0.274 e. The van der Waals surface area contributed by atoms with Crippen LogP contribution in [0.5, 0.6) is 0 Å². The molecule has 1 saturated heterocycles. The first-order chi connectivity index (χ1) is 14.8. The molecule has 6 rings (SSSR count). The number of carbonyl (C=O) groups is 1. The highest BCUT2D eigenvalue weighted by Gasteiger charge is 2.34. The molecule has 2 aliphatic heterocycles. The van der Waals surface area contributed by atoms with E-state index < -0.39 is 0 Å². The number of hydrogen-bond donors (Lipinski definition) is 1. The highest BCUT2D eigenvalue weighted by Crippen LogP contribution is 2.35. The fraction of sp³-hybridized carbons (Fsp3) is 0.286. The van der Waals surface area contributed by atoms with Crippen molar-refractivity contribution in [2.45, 2.75) is 18.9 Å². The van der Waals surface area contributed by atoms with Crippen molar-refractivity contribution < 1.29 is 4.79 Å². The Morgan fingerprint density at radius 1 is 1.10 bits per heavy atom. The molecule has 0 aromatic carbocycles. The van der Waals surface area contributed by atoms with Gasteiger partial charge in [0.05, 0.1) is 35.6 Å². The summed E-state index contributed by atoms with van der Waals surface area (Å²) in [6.07, 6.45) is 8.82. The van der Waals surface area contributed by atoms with E-state index in [9.17, 15) is 4.79 Å². The summed E-state index contributed by atoms with van der Waals surface area (Å²) in [5.41, 5.74) is 4.38. The molecule has 9 heteroatoms. The van der Waals surface area contributed by atoms with Crippen LogP contribution in [0.25, 0.3) is 5.52 Å². The summed E-state index contributed by atoms with van der Waals surface area (Å²) in [5.74, 6) is 0.663. The Morgan fingerprint density at radius 2 is 2.03 bits per heavy atom. The van der Waals surface area contributed by atoms with E-state index in [4.69, 9.17) is 5.10 Å². The molecule has 0 aliphatic carbocycles. The fourth-order valence-corrected chi connectivity index (χ4v) is 4.18. The molecule has 1 N–H and O–H groups in total. The third kappa shape index (κ3) is 2.66. The number of amides is 1. The minimum atomic E-state index is -0.175. The number of carbonyl (C=O) groups excluding carboxylic acids is 1. The molecule has 0 bridgehead atoms. The quantitative estimate of drug-likeness (QED) is 0.564. The van der Waals surface area contributed by atoms with E-state index in [1.54, 1.807) is 23.6 Å². The third-order valence-electron chi connectivity index (χ3n) is 5.89. The molecular formula is C21H20N8O. The standard InChI is InChI=1S/C21H20N8O/c30-21(27-6-3-7-27)17-11-23-18(12-22-17)28-9-5-15-19(25-13-24-15)20(28)16-10-14-4-1-2-8-29(14)26-16/h1-2,4,8,10-13,20H,3,5-7,9H2,(H,24,25)/t20-/m1/s1. The van der Waals surface area contributed by atoms with Crippen LogP contribution < -0.4 is 4.90 Å². The zero-order chi connectivity index (χ0) is 20.1. The molecular weight excluding hydrogens is 380 g/mol. The van der Waals surface area contributed by atoms with Crippen LogP contribution in [0.4, 0.5) is 5.82 Å². The summed E-state index contributed by atoms with van der Waals surface area (Å²) in [6, 6.07) is 7.90. The van der Waals surface area contributed by atoms with E-state index in [0.717, 1.165) is 55.1 Å². The lowest BCUT2D eigenvalue weighted by Crippen LogP contribution is -2.42. The van der Waals surface area contributed by atoms with E-state index in [2.05, 4.69) is 30.9 Å². The second-order valence-electron chi connectivity index (χ2n) is 7.66. The van der Waals surface area contributed by atoms with Crippen molar-refractivity contribution in [1.82, 2.24) is 34.4 Å². The average Bonchev–Trinajstić information content (AvgIpc) is 3.38. The van der Waals surface area contributed by atoms with Crippen LogP contribution in [0.3, 0.4) is 0 Å². The Balaban J connectivity index is 1.38. The molecule has 4 aromatic heterocycles. The van der Waals surface area contributed by atoms with Gasteiger partial charge in [-0.05, 0) is 24.6 Å². The van der Waals surface area contributed by atoms with Crippen LogP contribution in [0, 0.1) is 0 Å². The summed E-state index contributed by atoms with van der Waals surface area (Å²) in [5, 5.41) is 4.79. The maximum absolute atomic E-state index is 12.4. The predicted molar refractivity (Wildman–Crippen MR) is 109 cm³/mol. The summed E-state index contributed by atoms with van der Waals surface area (Å²) in [6.45, 7) is 2.35. The summed E-state index contributed by atoms with van der Waals surface area (Å²) < 4.78 is 1.87. The normalized spacial score (nSPS) is 18.3. The topological polar surface area (TPSA) is 95.3 Å². The van der Waals surface area contributed by atoms with Crippen LogP contribution in [-0.4, -0.2) is 60.0 Å². The highest BCUT2D eigenvalue weighted by molar-refractivity contribution is 5.92. The van der Waals surface area contributed by atoms with Crippen molar-refractivity contribution in [1.29, 1.82) is 0 Å². The van der Waals surface area contributed by atoms with Crippen molar-refractivity contribution in [3.8, 4) is 0 Å². The second kappa shape index (κ2) is 6.65. The second-order valence-corrected chi connectivity index (χ2v) is 7.66. The monoisotopic (exact) mass is 400 g/mol. The van der Waals surface area contributed by atoms with E-state index in [0.29, 0.717) is 11.5 Å². The number of fused-ring (bicyclic) bond motifs is 2. The first kappa shape index (κ1) is 17.1. The number of nitrogens with zero attached hydrogens (tertiary/aromatic N) is 7. The van der Waals surface area contributed by atoms with Gasteiger partial charge in [-0.3, -0.25) is 4.79 Å². The minimum Gasteiger partial charge on any atom is -0.348 e. The molecule has 0 saturated carbocycles. The van der Waals surface area contributed by atoms with Crippen molar-refractivity contribution in [3.63, 3.8) is 0 Å². The Morgan fingerprint density at radius 3 is 2.80 bits per heavy atom. The predicted octanol–water partition coefficient (Wildman–Crippen LogP) is 1.85. The number of aromatic nitrogens is 6. The van der Waals surface area contributed by atoms with E-state index >= 15 is 0 Å². The van der Waals surface area contributed by atoms with E-state index in [-0.39, 0.29) is 11.9 Å². The zero-order valence-electron chi connectivity index (χ0n) is 16.3. The first-order valence-electron chi connectivity index (χ1n) is 10.1. The molecule has 0 spiro atoms. The Bertz CT molecular complexity index is 1190. The maximum atomic E-state index is 12.4. The molecule has 1 fully saturated rings. The van der Waals surface area contributed by atoms with Gasteiger partial charge in [-0.1, -0.05) is 6.07 Å². The maximum Gasteiger partial charge on any atom is 0.274 e. The Kier molecular flexibility index (Phi) is 3.80. The minimum absolute atomic E-state index is 0.0505. The van der Waals surface area contributed by atoms with Gasteiger partial charge in [0, 0.05) is 37.9 Å². The number of hydrogen-bond acceptors (Lipinski definition) is 6. The molecule has 150 valence electrons. The van der Waals surface area contributed by atoms with Crippen molar-refractivity contribution in [2.75, 3.05) is 24.5 Å². The van der Waals surface area contributed by atoms with Gasteiger partial charge in [-0.25, -0.2) is 19.5 Å². The van der Waals surface area contributed by atoms with Crippen molar-refractivity contribution in [2.24, 2.45) is 0 Å². The van der Waals surface area contributed by atoms with E-state index in [1.807, 2.05) is 28.9 Å². The molecule has 0 radical (unpaired) electrons. The SMILES string of the molecule is O=C(c1cnc(N2CCc3[nH]cnc3[C@H]2c2cc3ccccn3n2)cn1)N1CCC1. The zero-order valence-corrected chi connectivity index (χ0v) is 16.3. The van der Waals surface area contributed by atoms with Gasteiger partial charge < -0.3 is 14.8 Å². The molecule has 2 aliphatic rings. The summed E-state index contributed by atoms with van der Waals surface area (Å²) in [7, 11) is 0. The number of H-pyrrole nitrogens is 1. The number of anilines is 1. The van der Waals surface area contributed by atoms with Gasteiger partial charge in [-0.15, -0.1) is 0 Å². The van der Waals surface area contributed by atoms with Gasteiger partial charge in [-0.2, -0.15) is 5.10 Å². The largest absolute Gasteiger partial charge is 0.348 e. The molecule has 0 unspecified atom stereocenters. The highest BCUT2D eigenvalue weighted by atomic mass is 16.2. The Labute approximate surface area is 172 Å². The van der Waals surface area contributed by atoms with Crippen LogP contribution in [0.1, 0.15) is 40.0 Å². The molecule has 30 heavy (non-hydrogen) atoms. The molecule has 6 heterocycles. The first-order valence-corrected chi connectivity index (χ1v) is 10.1. The molecule has 1 atom stereocenters.